The molecule has 0 amide bonds. The van der Waals surface area contributed by atoms with Crippen molar-refractivity contribution < 1.29 is 24.0 Å². The number of hydrogen-bond donors (Lipinski definition) is 0. The van der Waals surface area contributed by atoms with E-state index >= 15 is 0 Å². The Morgan fingerprint density at radius 3 is 2.54 bits per heavy atom. The Hall–Kier alpha value is -3.03. The molecule has 0 spiro atoms. The van der Waals surface area contributed by atoms with Crippen molar-refractivity contribution in [2.75, 3.05) is 7.11 Å². The third-order valence-electron chi connectivity index (χ3n) is 3.66. The predicted molar refractivity (Wildman–Crippen MR) is 82.5 cm³/mol. The Morgan fingerprint density at radius 2 is 2.00 bits per heavy atom. The fourth-order valence-electron chi connectivity index (χ4n) is 2.58. The first-order chi connectivity index (χ1) is 11.4. The summed E-state index contributed by atoms with van der Waals surface area (Å²) in [5.74, 6) is -1.57. The molecule has 0 fully saturated rings. The average Bonchev–Trinajstić information content (AvgIpc) is 2.54. The smallest absolute Gasteiger partial charge is 0.340 e. The highest BCUT2D eigenvalue weighted by Crippen LogP contribution is 2.33. The van der Waals surface area contributed by atoms with E-state index in [1.807, 2.05) is 0 Å². The maximum absolute atomic E-state index is 12.3. The maximum atomic E-state index is 12.3. The van der Waals surface area contributed by atoms with E-state index < -0.39 is 23.0 Å². The van der Waals surface area contributed by atoms with Crippen LogP contribution >= 0.6 is 0 Å². The summed E-state index contributed by atoms with van der Waals surface area (Å²) in [4.78, 5) is 38.9. The molecule has 0 saturated heterocycles. The van der Waals surface area contributed by atoms with Gasteiger partial charge in [-0.05, 0) is 32.4 Å². The Morgan fingerprint density at radius 1 is 1.29 bits per heavy atom. The van der Waals surface area contributed by atoms with Crippen molar-refractivity contribution in [1.29, 1.82) is 0 Å². The first-order valence-electron chi connectivity index (χ1n) is 7.09. The zero-order valence-corrected chi connectivity index (χ0v) is 13.4. The Bertz CT molecular complexity index is 751. The normalized spacial score (nSPS) is 17.5. The van der Waals surface area contributed by atoms with E-state index in [-0.39, 0.29) is 23.3 Å². The summed E-state index contributed by atoms with van der Waals surface area (Å²) in [5, 5.41) is 11.4. The van der Waals surface area contributed by atoms with Gasteiger partial charge in [-0.15, -0.1) is 0 Å². The summed E-state index contributed by atoms with van der Waals surface area (Å²) in [6.07, 6.45) is 1.58. The molecule has 1 atom stereocenters. The van der Waals surface area contributed by atoms with E-state index in [4.69, 9.17) is 9.47 Å². The molecule has 2 rings (SSSR count). The number of aromatic nitrogens is 1. The molecule has 126 valence electrons. The van der Waals surface area contributed by atoms with E-state index in [0.717, 1.165) is 0 Å². The van der Waals surface area contributed by atoms with Gasteiger partial charge in [0.1, 0.15) is 0 Å². The molecule has 0 radical (unpaired) electrons. The molecule has 1 aromatic rings. The van der Waals surface area contributed by atoms with Crippen molar-refractivity contribution >= 4 is 11.9 Å². The molecule has 0 aliphatic heterocycles. The SMILES string of the molecule is COC(=O)C1=C(C)CC(C)=C([N+](=O)[O-])C1OC(=O)c1cccnc1. The second-order valence-electron chi connectivity index (χ2n) is 5.31. The average molecular weight is 332 g/mol. The quantitative estimate of drug-likeness (QED) is 0.471. The summed E-state index contributed by atoms with van der Waals surface area (Å²) in [6, 6.07) is 3.00. The number of methoxy groups -OCH3 is 1. The van der Waals surface area contributed by atoms with Gasteiger partial charge in [-0.1, -0.05) is 5.57 Å². The molecule has 1 aliphatic carbocycles. The Kier molecular flexibility index (Phi) is 5.08. The monoisotopic (exact) mass is 332 g/mol. The second-order valence-corrected chi connectivity index (χ2v) is 5.31. The van der Waals surface area contributed by atoms with Crippen LogP contribution in [0.1, 0.15) is 30.6 Å². The van der Waals surface area contributed by atoms with Gasteiger partial charge in [-0.2, -0.15) is 0 Å². The fraction of sp³-hybridized carbons (Fsp3) is 0.312. The number of carbonyl (C=O) groups excluding carboxylic acids is 2. The number of esters is 2. The van der Waals surface area contributed by atoms with E-state index in [1.165, 1.54) is 31.6 Å². The van der Waals surface area contributed by atoms with Gasteiger partial charge in [0.2, 0.25) is 6.10 Å². The highest BCUT2D eigenvalue weighted by atomic mass is 16.6. The number of allylic oxidation sites excluding steroid dienone is 2. The van der Waals surface area contributed by atoms with Crippen LogP contribution in [0.4, 0.5) is 0 Å². The summed E-state index contributed by atoms with van der Waals surface area (Å²) in [7, 11) is 1.17. The lowest BCUT2D eigenvalue weighted by Crippen LogP contribution is -2.34. The third-order valence-corrected chi connectivity index (χ3v) is 3.66. The van der Waals surface area contributed by atoms with Crippen LogP contribution in [0.5, 0.6) is 0 Å². The van der Waals surface area contributed by atoms with Crippen LogP contribution < -0.4 is 0 Å². The Balaban J connectivity index is 2.45. The number of hydrogen-bond acceptors (Lipinski definition) is 7. The molecule has 1 unspecified atom stereocenters. The molecule has 1 heterocycles. The van der Waals surface area contributed by atoms with Crippen molar-refractivity contribution in [3.63, 3.8) is 0 Å². The summed E-state index contributed by atoms with van der Waals surface area (Å²) >= 11 is 0. The fourth-order valence-corrected chi connectivity index (χ4v) is 2.58. The van der Waals surface area contributed by atoms with Crippen LogP contribution in [-0.4, -0.2) is 35.1 Å². The molecular formula is C16H16N2O6. The van der Waals surface area contributed by atoms with Crippen molar-refractivity contribution in [1.82, 2.24) is 4.98 Å². The van der Waals surface area contributed by atoms with Crippen LogP contribution in [0.25, 0.3) is 0 Å². The number of nitro groups is 1. The lowest BCUT2D eigenvalue weighted by atomic mass is 9.88. The molecular weight excluding hydrogens is 316 g/mol. The van der Waals surface area contributed by atoms with Gasteiger partial charge in [-0.3, -0.25) is 15.1 Å². The molecule has 8 heteroatoms. The highest BCUT2D eigenvalue weighted by molar-refractivity contribution is 5.94. The van der Waals surface area contributed by atoms with Crippen LogP contribution in [-0.2, 0) is 14.3 Å². The zero-order chi connectivity index (χ0) is 17.9. The minimum absolute atomic E-state index is 0.0213. The predicted octanol–water partition coefficient (Wildman–Crippen LogP) is 2.05. The van der Waals surface area contributed by atoms with Gasteiger partial charge < -0.3 is 9.47 Å². The van der Waals surface area contributed by atoms with Crippen LogP contribution in [0, 0.1) is 10.1 Å². The first-order valence-corrected chi connectivity index (χ1v) is 7.09. The van der Waals surface area contributed by atoms with E-state index in [2.05, 4.69) is 4.98 Å². The van der Waals surface area contributed by atoms with Crippen molar-refractivity contribution in [3.05, 3.63) is 62.6 Å². The number of nitrogens with zero attached hydrogens (tertiary/aromatic N) is 2. The Labute approximate surface area is 137 Å². The molecule has 24 heavy (non-hydrogen) atoms. The van der Waals surface area contributed by atoms with Crippen LogP contribution in [0.2, 0.25) is 0 Å². The molecule has 1 aliphatic rings. The molecule has 8 nitrogen and oxygen atoms in total. The van der Waals surface area contributed by atoms with Gasteiger partial charge in [0.05, 0.1) is 23.2 Å². The van der Waals surface area contributed by atoms with E-state index in [0.29, 0.717) is 11.1 Å². The molecule has 0 bridgehead atoms. The van der Waals surface area contributed by atoms with Crippen molar-refractivity contribution in [2.45, 2.75) is 26.4 Å². The van der Waals surface area contributed by atoms with Gasteiger partial charge in [0, 0.05) is 18.0 Å². The van der Waals surface area contributed by atoms with Gasteiger partial charge in [0.15, 0.2) is 0 Å². The van der Waals surface area contributed by atoms with Gasteiger partial charge >= 0.3 is 11.9 Å². The minimum Gasteiger partial charge on any atom is -0.466 e. The lowest BCUT2D eigenvalue weighted by molar-refractivity contribution is -0.435. The van der Waals surface area contributed by atoms with Gasteiger partial charge in [0.25, 0.3) is 5.70 Å². The molecule has 1 aromatic heterocycles. The first kappa shape index (κ1) is 17.3. The lowest BCUT2D eigenvalue weighted by Gasteiger charge is -2.24. The summed E-state index contributed by atoms with van der Waals surface area (Å²) in [5.41, 5.74) is 0.777. The highest BCUT2D eigenvalue weighted by Gasteiger charge is 2.42. The largest absolute Gasteiger partial charge is 0.466 e. The molecule has 0 N–H and O–H groups in total. The number of pyridine rings is 1. The summed E-state index contributed by atoms with van der Waals surface area (Å²) < 4.78 is 9.99. The van der Waals surface area contributed by atoms with Crippen molar-refractivity contribution in [2.24, 2.45) is 0 Å². The number of rotatable bonds is 4. The van der Waals surface area contributed by atoms with E-state index in [1.54, 1.807) is 13.8 Å². The second kappa shape index (κ2) is 7.03. The third kappa shape index (κ3) is 3.32. The molecule has 0 aromatic carbocycles. The number of carbonyl (C=O) groups is 2. The van der Waals surface area contributed by atoms with Gasteiger partial charge in [-0.25, -0.2) is 9.59 Å². The number of ether oxygens (including phenoxy) is 2. The standard InChI is InChI=1S/C16H16N2O6/c1-9-7-10(2)13(18(21)22)14(12(9)16(20)23-3)24-15(19)11-5-4-6-17-8-11/h4-6,8,14H,7H2,1-3H3. The topological polar surface area (TPSA) is 109 Å². The maximum Gasteiger partial charge on any atom is 0.340 e. The van der Waals surface area contributed by atoms with E-state index in [9.17, 15) is 19.7 Å². The zero-order valence-electron chi connectivity index (χ0n) is 13.4. The van der Waals surface area contributed by atoms with Crippen LogP contribution in [0.3, 0.4) is 0 Å². The molecule has 0 saturated carbocycles. The van der Waals surface area contributed by atoms with Crippen molar-refractivity contribution in [3.8, 4) is 0 Å². The summed E-state index contributed by atoms with van der Waals surface area (Å²) in [6.45, 7) is 3.22. The minimum atomic E-state index is -1.42. The van der Waals surface area contributed by atoms with Crippen LogP contribution in [0.15, 0.2) is 46.9 Å².